The zero-order valence-corrected chi connectivity index (χ0v) is 16.1. The topological polar surface area (TPSA) is 64.5 Å². The Kier molecular flexibility index (Phi) is 5.43. The fourth-order valence-electron chi connectivity index (χ4n) is 2.98. The summed E-state index contributed by atoms with van der Waals surface area (Å²) >= 11 is 1.55. The predicted octanol–water partition coefficient (Wildman–Crippen LogP) is 4.47. The van der Waals surface area contributed by atoms with Crippen molar-refractivity contribution in [1.29, 1.82) is 0 Å². The second-order valence-corrected chi connectivity index (χ2v) is 7.42. The lowest BCUT2D eigenvalue weighted by atomic mass is 9.97. The predicted molar refractivity (Wildman–Crippen MR) is 106 cm³/mol. The first-order valence-corrected chi connectivity index (χ1v) is 9.82. The fourth-order valence-corrected chi connectivity index (χ4v) is 3.58. The molecule has 0 aliphatic carbocycles. The highest BCUT2D eigenvalue weighted by Crippen LogP contribution is 2.24. The molecule has 0 aliphatic heterocycles. The standard InChI is InChI=1S/C21H18FN5S/c1-14(15-2-4-16(22)5-3-15)10-20-26-17(11-18-13-23-6-7-24-18)12-19(27-20)21-25-8-9-28-21/h2-9,12-14H,10-11H2,1H3/t14-/m1/s1. The van der Waals surface area contributed by atoms with Crippen LogP contribution in [0.2, 0.25) is 0 Å². The monoisotopic (exact) mass is 391 g/mol. The van der Waals surface area contributed by atoms with E-state index in [-0.39, 0.29) is 11.7 Å². The van der Waals surface area contributed by atoms with Crippen LogP contribution in [0.1, 0.15) is 35.6 Å². The van der Waals surface area contributed by atoms with Crippen molar-refractivity contribution in [3.8, 4) is 10.7 Å². The van der Waals surface area contributed by atoms with Gasteiger partial charge in [0.1, 0.15) is 22.3 Å². The van der Waals surface area contributed by atoms with Gasteiger partial charge in [-0.2, -0.15) is 0 Å². The number of hydrogen-bond donors (Lipinski definition) is 0. The van der Waals surface area contributed by atoms with E-state index in [2.05, 4.69) is 21.9 Å². The van der Waals surface area contributed by atoms with Gasteiger partial charge in [-0.3, -0.25) is 9.97 Å². The van der Waals surface area contributed by atoms with Crippen molar-refractivity contribution in [3.63, 3.8) is 0 Å². The highest BCUT2D eigenvalue weighted by atomic mass is 32.1. The minimum atomic E-state index is -0.232. The van der Waals surface area contributed by atoms with Crippen LogP contribution < -0.4 is 0 Å². The lowest BCUT2D eigenvalue weighted by molar-refractivity contribution is 0.624. The number of halogens is 1. The molecule has 0 aliphatic rings. The van der Waals surface area contributed by atoms with E-state index in [1.165, 1.54) is 12.1 Å². The molecule has 1 atom stereocenters. The molecular formula is C21H18FN5S. The minimum Gasteiger partial charge on any atom is -0.261 e. The number of rotatable bonds is 6. The van der Waals surface area contributed by atoms with Crippen molar-refractivity contribution < 1.29 is 4.39 Å². The van der Waals surface area contributed by atoms with Gasteiger partial charge in [-0.1, -0.05) is 19.1 Å². The van der Waals surface area contributed by atoms with Crippen LogP contribution in [0, 0.1) is 5.82 Å². The van der Waals surface area contributed by atoms with E-state index < -0.39 is 0 Å². The molecule has 0 fully saturated rings. The highest BCUT2D eigenvalue weighted by Gasteiger charge is 2.14. The van der Waals surface area contributed by atoms with Crippen LogP contribution in [0.3, 0.4) is 0 Å². The Morgan fingerprint density at radius 2 is 1.86 bits per heavy atom. The number of nitrogens with zero attached hydrogens (tertiary/aromatic N) is 5. The van der Waals surface area contributed by atoms with Gasteiger partial charge in [0.05, 0.1) is 11.4 Å². The molecular weight excluding hydrogens is 373 g/mol. The molecule has 0 amide bonds. The van der Waals surface area contributed by atoms with Crippen molar-refractivity contribution in [3.05, 3.63) is 89.1 Å². The molecule has 0 saturated heterocycles. The van der Waals surface area contributed by atoms with E-state index in [9.17, 15) is 4.39 Å². The lowest BCUT2D eigenvalue weighted by Crippen LogP contribution is -2.07. The Morgan fingerprint density at radius 1 is 1.00 bits per heavy atom. The summed E-state index contributed by atoms with van der Waals surface area (Å²) in [6.45, 7) is 2.09. The average molecular weight is 391 g/mol. The summed E-state index contributed by atoms with van der Waals surface area (Å²) in [5.41, 5.74) is 3.59. The van der Waals surface area contributed by atoms with E-state index in [4.69, 9.17) is 9.97 Å². The van der Waals surface area contributed by atoms with E-state index in [1.807, 2.05) is 23.6 Å². The third-order valence-electron chi connectivity index (χ3n) is 4.38. The van der Waals surface area contributed by atoms with E-state index in [0.29, 0.717) is 12.8 Å². The molecule has 0 bridgehead atoms. The van der Waals surface area contributed by atoms with Crippen molar-refractivity contribution in [2.45, 2.75) is 25.7 Å². The zero-order valence-electron chi connectivity index (χ0n) is 15.3. The van der Waals surface area contributed by atoms with Crippen LogP contribution in [0.5, 0.6) is 0 Å². The summed E-state index contributed by atoms with van der Waals surface area (Å²) in [6, 6.07) is 8.55. The molecule has 4 aromatic rings. The van der Waals surface area contributed by atoms with E-state index in [1.54, 1.807) is 36.1 Å². The molecule has 0 spiro atoms. The van der Waals surface area contributed by atoms with Crippen molar-refractivity contribution in [2.24, 2.45) is 0 Å². The molecule has 0 N–H and O–H groups in total. The van der Waals surface area contributed by atoms with Crippen LogP contribution in [0.25, 0.3) is 10.7 Å². The number of hydrogen-bond acceptors (Lipinski definition) is 6. The number of benzene rings is 1. The minimum absolute atomic E-state index is 0.163. The first-order valence-electron chi connectivity index (χ1n) is 8.94. The zero-order chi connectivity index (χ0) is 19.3. The van der Waals surface area contributed by atoms with Crippen LogP contribution in [0.15, 0.2) is 60.5 Å². The number of thiazole rings is 1. The summed E-state index contributed by atoms with van der Waals surface area (Å²) in [5.74, 6) is 0.671. The van der Waals surface area contributed by atoms with Gasteiger partial charge in [-0.05, 0) is 29.7 Å². The van der Waals surface area contributed by atoms with Gasteiger partial charge < -0.3 is 0 Å². The molecule has 1 aromatic carbocycles. The third-order valence-corrected chi connectivity index (χ3v) is 5.18. The molecule has 28 heavy (non-hydrogen) atoms. The van der Waals surface area contributed by atoms with Gasteiger partial charge in [0, 0.05) is 43.0 Å². The SMILES string of the molecule is C[C@H](Cc1nc(Cc2cnccn2)cc(-c2nccs2)n1)c1ccc(F)cc1. The summed E-state index contributed by atoms with van der Waals surface area (Å²) < 4.78 is 13.2. The van der Waals surface area contributed by atoms with Gasteiger partial charge in [-0.15, -0.1) is 11.3 Å². The summed E-state index contributed by atoms with van der Waals surface area (Å²) in [6.07, 6.45) is 8.07. The van der Waals surface area contributed by atoms with Gasteiger partial charge in [0.25, 0.3) is 0 Å². The maximum atomic E-state index is 13.2. The maximum absolute atomic E-state index is 13.2. The lowest BCUT2D eigenvalue weighted by Gasteiger charge is -2.13. The third kappa shape index (κ3) is 4.43. The quantitative estimate of drug-likeness (QED) is 0.485. The van der Waals surface area contributed by atoms with E-state index in [0.717, 1.165) is 33.5 Å². The summed E-state index contributed by atoms with van der Waals surface area (Å²) in [5, 5.41) is 2.79. The smallest absolute Gasteiger partial charge is 0.141 e. The molecule has 4 rings (SSSR count). The second kappa shape index (κ2) is 8.31. The molecule has 0 radical (unpaired) electrons. The number of aromatic nitrogens is 5. The van der Waals surface area contributed by atoms with Crippen molar-refractivity contribution >= 4 is 11.3 Å². The molecule has 5 nitrogen and oxygen atoms in total. The van der Waals surface area contributed by atoms with Crippen LogP contribution in [-0.2, 0) is 12.8 Å². The Bertz CT molecular complexity index is 1040. The molecule has 140 valence electrons. The molecule has 3 aromatic heterocycles. The maximum Gasteiger partial charge on any atom is 0.141 e. The van der Waals surface area contributed by atoms with Crippen LogP contribution in [-0.4, -0.2) is 24.9 Å². The van der Waals surface area contributed by atoms with Crippen LogP contribution >= 0.6 is 11.3 Å². The largest absolute Gasteiger partial charge is 0.261 e. The Morgan fingerprint density at radius 3 is 2.57 bits per heavy atom. The Labute approximate surface area is 166 Å². The Hall–Kier alpha value is -3.06. The molecule has 0 saturated carbocycles. The molecule has 0 unspecified atom stereocenters. The van der Waals surface area contributed by atoms with Gasteiger partial charge in [-0.25, -0.2) is 19.3 Å². The summed E-state index contributed by atoms with van der Waals surface area (Å²) in [4.78, 5) is 22.3. The van der Waals surface area contributed by atoms with Gasteiger partial charge in [0.15, 0.2) is 0 Å². The highest BCUT2D eigenvalue weighted by molar-refractivity contribution is 7.13. The molecule has 7 heteroatoms. The second-order valence-electron chi connectivity index (χ2n) is 6.53. The van der Waals surface area contributed by atoms with E-state index >= 15 is 0 Å². The average Bonchev–Trinajstić information content (AvgIpc) is 3.24. The Balaban J connectivity index is 1.64. The first-order chi connectivity index (χ1) is 13.7. The summed E-state index contributed by atoms with van der Waals surface area (Å²) in [7, 11) is 0. The van der Waals surface area contributed by atoms with Crippen molar-refractivity contribution in [2.75, 3.05) is 0 Å². The fraction of sp³-hybridized carbons (Fsp3) is 0.190. The van der Waals surface area contributed by atoms with Gasteiger partial charge >= 0.3 is 0 Å². The normalized spacial score (nSPS) is 12.1. The van der Waals surface area contributed by atoms with Gasteiger partial charge in [0.2, 0.25) is 0 Å². The molecule has 3 heterocycles. The van der Waals surface area contributed by atoms with Crippen LogP contribution in [0.4, 0.5) is 4.39 Å². The first kappa shape index (κ1) is 18.3. The van der Waals surface area contributed by atoms with Crippen molar-refractivity contribution in [1.82, 2.24) is 24.9 Å².